The second-order valence-electron chi connectivity index (χ2n) is 3.81. The van der Waals surface area contributed by atoms with E-state index < -0.39 is 0 Å². The van der Waals surface area contributed by atoms with Gasteiger partial charge in [-0.1, -0.05) is 46.8 Å². The predicted octanol–water partition coefficient (Wildman–Crippen LogP) is 2.99. The van der Waals surface area contributed by atoms with Crippen molar-refractivity contribution in [2.24, 2.45) is 0 Å². The maximum atomic E-state index is 11.9. The van der Waals surface area contributed by atoms with E-state index in [9.17, 15) is 4.79 Å². The molecule has 0 saturated heterocycles. The monoisotopic (exact) mass is 313 g/mol. The van der Waals surface area contributed by atoms with Crippen LogP contribution >= 0.6 is 34.7 Å². The molecule has 0 spiro atoms. The van der Waals surface area contributed by atoms with Gasteiger partial charge >= 0.3 is 0 Å². The molecule has 1 atom stereocenters. The van der Waals surface area contributed by atoms with E-state index in [0.717, 1.165) is 9.90 Å². The maximum absolute atomic E-state index is 11.9. The highest BCUT2D eigenvalue weighted by Gasteiger charge is 2.15. The van der Waals surface area contributed by atoms with Crippen molar-refractivity contribution in [3.63, 3.8) is 0 Å². The highest BCUT2D eigenvalue weighted by molar-refractivity contribution is 8.02. The summed E-state index contributed by atoms with van der Waals surface area (Å²) in [4.78, 5) is 11.9. The summed E-state index contributed by atoms with van der Waals surface area (Å²) in [5.74, 6) is -0.0184. The SMILES string of the molecule is CC(Sc1nncs1)C(=O)NCc1ccc(Cl)cc1. The number of carbonyl (C=O) groups is 1. The normalized spacial score (nSPS) is 12.1. The first-order valence-corrected chi connectivity index (χ1v) is 7.74. The van der Waals surface area contributed by atoms with Crippen LogP contribution in [-0.4, -0.2) is 21.4 Å². The molecule has 1 heterocycles. The summed E-state index contributed by atoms with van der Waals surface area (Å²) >= 11 is 8.64. The van der Waals surface area contributed by atoms with Crippen molar-refractivity contribution in [1.29, 1.82) is 0 Å². The second-order valence-corrected chi connectivity index (χ2v) is 6.67. The number of nitrogens with zero attached hydrogens (tertiary/aromatic N) is 2. The van der Waals surface area contributed by atoms with Crippen LogP contribution < -0.4 is 5.32 Å². The van der Waals surface area contributed by atoms with Gasteiger partial charge in [0.2, 0.25) is 5.91 Å². The molecule has 4 nitrogen and oxygen atoms in total. The van der Waals surface area contributed by atoms with Crippen molar-refractivity contribution in [3.05, 3.63) is 40.4 Å². The Labute approximate surface area is 124 Å². The maximum Gasteiger partial charge on any atom is 0.233 e. The van der Waals surface area contributed by atoms with Crippen molar-refractivity contribution in [2.75, 3.05) is 0 Å². The van der Waals surface area contributed by atoms with Gasteiger partial charge in [-0.15, -0.1) is 10.2 Å². The van der Waals surface area contributed by atoms with Gasteiger partial charge in [0, 0.05) is 11.6 Å². The topological polar surface area (TPSA) is 54.9 Å². The Morgan fingerprint density at radius 1 is 1.47 bits per heavy atom. The van der Waals surface area contributed by atoms with E-state index in [4.69, 9.17) is 11.6 Å². The van der Waals surface area contributed by atoms with Gasteiger partial charge in [0.25, 0.3) is 0 Å². The molecule has 1 amide bonds. The number of halogens is 1. The van der Waals surface area contributed by atoms with Gasteiger partial charge in [-0.25, -0.2) is 0 Å². The van der Waals surface area contributed by atoms with Crippen molar-refractivity contribution in [1.82, 2.24) is 15.5 Å². The Kier molecular flexibility index (Phi) is 5.18. The number of hydrogen-bond acceptors (Lipinski definition) is 5. The van der Waals surface area contributed by atoms with Crippen LogP contribution in [-0.2, 0) is 11.3 Å². The molecule has 7 heteroatoms. The average Bonchev–Trinajstić information content (AvgIpc) is 2.90. The number of thioether (sulfide) groups is 1. The molecule has 19 heavy (non-hydrogen) atoms. The minimum absolute atomic E-state index is 0.0184. The van der Waals surface area contributed by atoms with Crippen LogP contribution in [0.25, 0.3) is 0 Å². The number of benzene rings is 1. The minimum Gasteiger partial charge on any atom is -0.351 e. The highest BCUT2D eigenvalue weighted by atomic mass is 35.5. The third-order valence-corrected chi connectivity index (χ3v) is 4.53. The zero-order chi connectivity index (χ0) is 13.7. The molecule has 0 aliphatic carbocycles. The summed E-state index contributed by atoms with van der Waals surface area (Å²) in [6.07, 6.45) is 0. The molecular weight excluding hydrogens is 302 g/mol. The van der Waals surface area contributed by atoms with E-state index in [-0.39, 0.29) is 11.2 Å². The number of rotatable bonds is 5. The van der Waals surface area contributed by atoms with Gasteiger partial charge in [-0.05, 0) is 24.6 Å². The molecule has 0 radical (unpaired) electrons. The third-order valence-electron chi connectivity index (χ3n) is 2.37. The van der Waals surface area contributed by atoms with Crippen molar-refractivity contribution in [3.8, 4) is 0 Å². The van der Waals surface area contributed by atoms with Crippen LogP contribution in [0, 0.1) is 0 Å². The van der Waals surface area contributed by atoms with Gasteiger partial charge in [-0.2, -0.15) is 0 Å². The minimum atomic E-state index is -0.194. The lowest BCUT2D eigenvalue weighted by Crippen LogP contribution is -2.30. The molecule has 1 aromatic heterocycles. The third kappa shape index (κ3) is 4.49. The first-order chi connectivity index (χ1) is 9.15. The molecule has 1 N–H and O–H groups in total. The van der Waals surface area contributed by atoms with E-state index in [0.29, 0.717) is 11.6 Å². The number of hydrogen-bond donors (Lipinski definition) is 1. The molecule has 0 aliphatic heterocycles. The summed E-state index contributed by atoms with van der Waals surface area (Å²) in [6, 6.07) is 7.40. The Balaban J connectivity index is 1.82. The fraction of sp³-hybridized carbons (Fsp3) is 0.250. The molecular formula is C12H12ClN3OS2. The Bertz CT molecular complexity index is 530. The molecule has 0 fully saturated rings. The zero-order valence-corrected chi connectivity index (χ0v) is 12.6. The lowest BCUT2D eigenvalue weighted by atomic mass is 10.2. The number of amides is 1. The lowest BCUT2D eigenvalue weighted by Gasteiger charge is -2.10. The number of nitrogens with one attached hydrogen (secondary N) is 1. The Morgan fingerprint density at radius 2 is 2.21 bits per heavy atom. The van der Waals surface area contributed by atoms with Gasteiger partial charge in [0.1, 0.15) is 5.51 Å². The molecule has 2 aromatic rings. The molecule has 0 saturated carbocycles. The van der Waals surface area contributed by atoms with Crippen LogP contribution in [0.2, 0.25) is 5.02 Å². The average molecular weight is 314 g/mol. The van der Waals surface area contributed by atoms with Crippen LogP contribution in [0.1, 0.15) is 12.5 Å². The van der Waals surface area contributed by atoms with E-state index in [2.05, 4.69) is 15.5 Å². The van der Waals surface area contributed by atoms with Gasteiger partial charge in [0.05, 0.1) is 5.25 Å². The van der Waals surface area contributed by atoms with E-state index in [1.807, 2.05) is 31.2 Å². The standard InChI is InChI=1S/C12H12ClN3OS2/c1-8(19-12-16-15-7-18-12)11(17)14-6-9-2-4-10(13)5-3-9/h2-5,7-8H,6H2,1H3,(H,14,17). The van der Waals surface area contributed by atoms with Crippen LogP contribution in [0.3, 0.4) is 0 Å². The molecule has 100 valence electrons. The van der Waals surface area contributed by atoms with Gasteiger partial charge in [0.15, 0.2) is 4.34 Å². The lowest BCUT2D eigenvalue weighted by molar-refractivity contribution is -0.120. The van der Waals surface area contributed by atoms with E-state index in [1.54, 1.807) is 5.51 Å². The van der Waals surface area contributed by atoms with E-state index >= 15 is 0 Å². The summed E-state index contributed by atoms with van der Waals surface area (Å²) in [6.45, 7) is 2.35. The number of carbonyl (C=O) groups excluding carboxylic acids is 1. The first kappa shape index (κ1) is 14.3. The van der Waals surface area contributed by atoms with E-state index in [1.165, 1.54) is 23.1 Å². The van der Waals surface area contributed by atoms with Crippen molar-refractivity contribution < 1.29 is 4.79 Å². The highest BCUT2D eigenvalue weighted by Crippen LogP contribution is 2.24. The number of aromatic nitrogens is 2. The second kappa shape index (κ2) is 6.88. The Morgan fingerprint density at radius 3 is 2.84 bits per heavy atom. The molecule has 0 aliphatic rings. The first-order valence-electron chi connectivity index (χ1n) is 5.60. The fourth-order valence-electron chi connectivity index (χ4n) is 1.35. The zero-order valence-electron chi connectivity index (χ0n) is 10.2. The van der Waals surface area contributed by atoms with Gasteiger partial charge in [-0.3, -0.25) is 4.79 Å². The van der Waals surface area contributed by atoms with Gasteiger partial charge < -0.3 is 5.32 Å². The predicted molar refractivity (Wildman–Crippen MR) is 78.5 cm³/mol. The summed E-state index contributed by atoms with van der Waals surface area (Å²) in [7, 11) is 0. The molecule has 0 bridgehead atoms. The summed E-state index contributed by atoms with van der Waals surface area (Å²) < 4.78 is 0.800. The molecule has 2 rings (SSSR count). The van der Waals surface area contributed by atoms with Crippen molar-refractivity contribution >= 4 is 40.6 Å². The largest absolute Gasteiger partial charge is 0.351 e. The van der Waals surface area contributed by atoms with Crippen LogP contribution in [0.5, 0.6) is 0 Å². The van der Waals surface area contributed by atoms with Crippen LogP contribution in [0.15, 0.2) is 34.1 Å². The quantitative estimate of drug-likeness (QED) is 0.862. The fourth-order valence-corrected chi connectivity index (χ4v) is 3.13. The molecule has 1 aromatic carbocycles. The van der Waals surface area contributed by atoms with Crippen LogP contribution in [0.4, 0.5) is 0 Å². The summed E-state index contributed by atoms with van der Waals surface area (Å²) in [5, 5.41) is 11.0. The smallest absolute Gasteiger partial charge is 0.233 e. The van der Waals surface area contributed by atoms with Crippen molar-refractivity contribution in [2.45, 2.75) is 23.1 Å². The molecule has 1 unspecified atom stereocenters. The Hall–Kier alpha value is -1.11. The summed E-state index contributed by atoms with van der Waals surface area (Å²) in [5.41, 5.74) is 2.67.